The summed E-state index contributed by atoms with van der Waals surface area (Å²) in [6.45, 7) is 4.90. The smallest absolute Gasteiger partial charge is 0.237 e. The van der Waals surface area contributed by atoms with Crippen LogP contribution in [0, 0.1) is 6.92 Å². The molecule has 8 nitrogen and oxygen atoms in total. The van der Waals surface area contributed by atoms with Crippen LogP contribution in [0.5, 0.6) is 0 Å². The van der Waals surface area contributed by atoms with Crippen molar-refractivity contribution in [3.05, 3.63) is 41.2 Å². The molecule has 0 unspecified atom stereocenters. The maximum absolute atomic E-state index is 5.50. The number of rotatable bonds is 3. The third-order valence-electron chi connectivity index (χ3n) is 4.44. The summed E-state index contributed by atoms with van der Waals surface area (Å²) in [4.78, 5) is 25.2. The zero-order valence-electron chi connectivity index (χ0n) is 14.7. The van der Waals surface area contributed by atoms with Gasteiger partial charge >= 0.3 is 0 Å². The van der Waals surface area contributed by atoms with Crippen molar-refractivity contribution in [2.75, 3.05) is 31.2 Å². The molecule has 0 saturated carbocycles. The Morgan fingerprint density at radius 2 is 1.93 bits per heavy atom. The van der Waals surface area contributed by atoms with E-state index >= 15 is 0 Å². The van der Waals surface area contributed by atoms with Crippen molar-refractivity contribution in [3.8, 4) is 17.3 Å². The number of hydrogen-bond donors (Lipinski definition) is 0. The van der Waals surface area contributed by atoms with Crippen LogP contribution in [-0.4, -0.2) is 55.8 Å². The summed E-state index contributed by atoms with van der Waals surface area (Å²) in [5, 5.41) is 3.05. The Labute approximate surface area is 159 Å². The van der Waals surface area contributed by atoms with Crippen LogP contribution in [0.4, 0.5) is 5.82 Å². The largest absolute Gasteiger partial charge is 0.378 e. The molecule has 0 amide bonds. The highest BCUT2D eigenvalue weighted by Gasteiger charge is 2.20. The van der Waals surface area contributed by atoms with Gasteiger partial charge in [-0.3, -0.25) is 4.57 Å². The van der Waals surface area contributed by atoms with Crippen LogP contribution in [0.25, 0.3) is 28.4 Å². The van der Waals surface area contributed by atoms with E-state index in [9.17, 15) is 0 Å². The lowest BCUT2D eigenvalue weighted by Crippen LogP contribution is -2.37. The molecule has 0 radical (unpaired) electrons. The molecule has 1 aliphatic heterocycles. The third kappa shape index (κ3) is 3.04. The number of thiazole rings is 1. The van der Waals surface area contributed by atoms with E-state index in [1.807, 2.05) is 30.6 Å². The SMILES string of the molecule is Cc1nc(-c2ccc3nc(-n4ccnc4)nc(N4CCOCC4)c3n2)cs1. The number of anilines is 1. The van der Waals surface area contributed by atoms with Gasteiger partial charge in [-0.2, -0.15) is 4.98 Å². The van der Waals surface area contributed by atoms with Gasteiger partial charge in [-0.15, -0.1) is 11.3 Å². The first kappa shape index (κ1) is 16.3. The van der Waals surface area contributed by atoms with Crippen molar-refractivity contribution < 1.29 is 4.74 Å². The van der Waals surface area contributed by atoms with Gasteiger partial charge in [0.1, 0.15) is 11.8 Å². The second-order valence-corrected chi connectivity index (χ2v) is 7.29. The van der Waals surface area contributed by atoms with Crippen LogP contribution >= 0.6 is 11.3 Å². The maximum atomic E-state index is 5.50. The van der Waals surface area contributed by atoms with Gasteiger partial charge in [0.05, 0.1) is 35.1 Å². The number of hydrogen-bond acceptors (Lipinski definition) is 8. The molecule has 9 heteroatoms. The highest BCUT2D eigenvalue weighted by atomic mass is 32.1. The fourth-order valence-corrected chi connectivity index (χ4v) is 3.71. The molecular weight excluding hydrogens is 362 g/mol. The minimum absolute atomic E-state index is 0.584. The van der Waals surface area contributed by atoms with Crippen molar-refractivity contribution in [1.29, 1.82) is 0 Å². The molecule has 4 aromatic rings. The first-order valence-corrected chi connectivity index (χ1v) is 9.58. The number of pyridine rings is 1. The predicted octanol–water partition coefficient (Wildman–Crippen LogP) is 2.48. The first-order chi connectivity index (χ1) is 13.3. The van der Waals surface area contributed by atoms with E-state index in [-0.39, 0.29) is 0 Å². The van der Waals surface area contributed by atoms with Gasteiger partial charge in [0.15, 0.2) is 5.82 Å². The lowest BCUT2D eigenvalue weighted by atomic mass is 10.2. The number of nitrogens with zero attached hydrogens (tertiary/aromatic N) is 7. The maximum Gasteiger partial charge on any atom is 0.237 e. The second kappa shape index (κ2) is 6.67. The monoisotopic (exact) mass is 379 g/mol. The van der Waals surface area contributed by atoms with Crippen LogP contribution < -0.4 is 4.90 Å². The van der Waals surface area contributed by atoms with Gasteiger partial charge in [-0.05, 0) is 19.1 Å². The van der Waals surface area contributed by atoms with Crippen molar-refractivity contribution in [2.24, 2.45) is 0 Å². The summed E-state index contributed by atoms with van der Waals surface area (Å²) in [6, 6.07) is 3.95. The number of morpholine rings is 1. The molecular formula is C18H17N7OS. The number of aromatic nitrogens is 6. The molecule has 1 saturated heterocycles. The number of ether oxygens (including phenoxy) is 1. The highest BCUT2D eigenvalue weighted by Crippen LogP contribution is 2.28. The van der Waals surface area contributed by atoms with Crippen molar-refractivity contribution in [3.63, 3.8) is 0 Å². The second-order valence-electron chi connectivity index (χ2n) is 6.23. The summed E-state index contributed by atoms with van der Waals surface area (Å²) in [5.74, 6) is 1.40. The average Bonchev–Trinajstić information content (AvgIpc) is 3.39. The van der Waals surface area contributed by atoms with Crippen LogP contribution in [0.1, 0.15) is 5.01 Å². The summed E-state index contributed by atoms with van der Waals surface area (Å²) in [6.07, 6.45) is 5.25. The molecule has 0 aromatic carbocycles. The van der Waals surface area contributed by atoms with Gasteiger partial charge in [-0.25, -0.2) is 19.9 Å². The molecule has 0 atom stereocenters. The van der Waals surface area contributed by atoms with E-state index < -0.39 is 0 Å². The van der Waals surface area contributed by atoms with E-state index in [1.54, 1.807) is 28.4 Å². The summed E-state index contributed by atoms with van der Waals surface area (Å²) in [7, 11) is 0. The van der Waals surface area contributed by atoms with Crippen molar-refractivity contribution in [2.45, 2.75) is 6.92 Å². The van der Waals surface area contributed by atoms with Gasteiger partial charge in [-0.1, -0.05) is 0 Å². The lowest BCUT2D eigenvalue weighted by Gasteiger charge is -2.28. The predicted molar refractivity (Wildman–Crippen MR) is 103 cm³/mol. The molecule has 1 aliphatic rings. The standard InChI is InChI=1S/C18H17N7OS/c1-12-20-15(10-27-12)13-2-3-14-16(21-13)17(24-6-8-26-9-7-24)23-18(22-14)25-5-4-19-11-25/h2-5,10-11H,6-9H2,1H3. The van der Waals surface area contributed by atoms with Gasteiger partial charge in [0.25, 0.3) is 0 Å². The quantitative estimate of drug-likeness (QED) is 0.541. The first-order valence-electron chi connectivity index (χ1n) is 8.70. The van der Waals surface area contributed by atoms with Crippen LogP contribution in [0.15, 0.2) is 36.2 Å². The normalized spacial score (nSPS) is 14.8. The molecule has 4 aromatic heterocycles. The molecule has 27 heavy (non-hydrogen) atoms. The van der Waals surface area contributed by atoms with Crippen LogP contribution in [0.2, 0.25) is 0 Å². The van der Waals surface area contributed by atoms with Crippen molar-refractivity contribution in [1.82, 2.24) is 29.5 Å². The van der Waals surface area contributed by atoms with Crippen LogP contribution in [0.3, 0.4) is 0 Å². The van der Waals surface area contributed by atoms with Gasteiger partial charge in [0, 0.05) is 30.9 Å². The van der Waals surface area contributed by atoms with Gasteiger partial charge < -0.3 is 9.64 Å². The molecule has 0 spiro atoms. The fraction of sp³-hybridized carbons (Fsp3) is 0.278. The highest BCUT2D eigenvalue weighted by molar-refractivity contribution is 7.09. The molecule has 5 heterocycles. The Morgan fingerprint density at radius 3 is 2.67 bits per heavy atom. The Bertz CT molecular complexity index is 1090. The lowest BCUT2D eigenvalue weighted by molar-refractivity contribution is 0.122. The molecule has 5 rings (SSSR count). The summed E-state index contributed by atoms with van der Waals surface area (Å²) in [5.41, 5.74) is 3.29. The van der Waals surface area contributed by atoms with E-state index in [4.69, 9.17) is 14.7 Å². The van der Waals surface area contributed by atoms with E-state index in [1.165, 1.54) is 0 Å². The summed E-state index contributed by atoms with van der Waals surface area (Å²) < 4.78 is 7.31. The number of fused-ring (bicyclic) bond motifs is 1. The van der Waals surface area contributed by atoms with Crippen molar-refractivity contribution >= 4 is 28.2 Å². The molecule has 0 N–H and O–H groups in total. The average molecular weight is 379 g/mol. The number of aryl methyl sites for hydroxylation is 1. The minimum atomic E-state index is 0.584. The minimum Gasteiger partial charge on any atom is -0.378 e. The summed E-state index contributed by atoms with van der Waals surface area (Å²) >= 11 is 1.62. The van der Waals surface area contributed by atoms with E-state index in [0.29, 0.717) is 19.2 Å². The van der Waals surface area contributed by atoms with Gasteiger partial charge in [0.2, 0.25) is 5.95 Å². The topological polar surface area (TPSA) is 81.9 Å². The Kier molecular flexibility index (Phi) is 4.02. The molecule has 0 bridgehead atoms. The van der Waals surface area contributed by atoms with E-state index in [0.717, 1.165) is 46.3 Å². The Balaban J connectivity index is 1.69. The number of imidazole rings is 1. The third-order valence-corrected chi connectivity index (χ3v) is 5.21. The van der Waals surface area contributed by atoms with Crippen LogP contribution in [-0.2, 0) is 4.74 Å². The molecule has 1 fully saturated rings. The Hall–Kier alpha value is -2.91. The molecule has 0 aliphatic carbocycles. The van der Waals surface area contributed by atoms with E-state index in [2.05, 4.69) is 19.9 Å². The zero-order valence-corrected chi connectivity index (χ0v) is 15.6. The zero-order chi connectivity index (χ0) is 18.2. The Morgan fingerprint density at radius 1 is 1.04 bits per heavy atom. The fourth-order valence-electron chi connectivity index (χ4n) is 3.10. The molecule has 136 valence electrons.